The maximum Gasteiger partial charge on any atom is 0.238 e. The third-order valence-corrected chi connectivity index (χ3v) is 3.64. The molecule has 1 amide bonds. The van der Waals surface area contributed by atoms with Crippen molar-refractivity contribution in [2.45, 2.75) is 0 Å². The molecular weight excluding hydrogens is 324 g/mol. The van der Waals surface area contributed by atoms with Crippen LogP contribution >= 0.6 is 11.6 Å². The highest BCUT2D eigenvalue weighted by Gasteiger charge is 2.18. The number of halogens is 1. The molecular formula is C15H21ClN2O5. The van der Waals surface area contributed by atoms with E-state index in [0.717, 1.165) is 0 Å². The van der Waals surface area contributed by atoms with Crippen molar-refractivity contribution in [1.29, 1.82) is 0 Å². The first kappa shape index (κ1) is 17.8. The van der Waals surface area contributed by atoms with E-state index in [9.17, 15) is 4.79 Å². The van der Waals surface area contributed by atoms with Gasteiger partial charge in [0.15, 0.2) is 11.5 Å². The van der Waals surface area contributed by atoms with E-state index in [-0.39, 0.29) is 19.2 Å². The molecule has 23 heavy (non-hydrogen) atoms. The first-order valence-electron chi connectivity index (χ1n) is 7.23. The maximum atomic E-state index is 12.2. The van der Waals surface area contributed by atoms with E-state index < -0.39 is 0 Å². The van der Waals surface area contributed by atoms with Crippen LogP contribution in [0.4, 0.5) is 5.69 Å². The van der Waals surface area contributed by atoms with Crippen molar-refractivity contribution in [1.82, 2.24) is 4.90 Å². The smallest absolute Gasteiger partial charge is 0.238 e. The molecule has 1 N–H and O–H groups in total. The Morgan fingerprint density at radius 3 is 2.43 bits per heavy atom. The van der Waals surface area contributed by atoms with Crippen LogP contribution in [0.25, 0.3) is 0 Å². The zero-order valence-electron chi connectivity index (χ0n) is 13.3. The number of benzene rings is 1. The topological polar surface area (TPSA) is 69.3 Å². The average molecular weight is 345 g/mol. The van der Waals surface area contributed by atoms with Crippen LogP contribution in [0.2, 0.25) is 5.02 Å². The molecule has 1 aromatic rings. The lowest BCUT2D eigenvalue weighted by Crippen LogP contribution is -2.37. The SMILES string of the molecule is COCCN(CCOC)CC(=O)Nc1cc2c(cc1Cl)OCO2. The van der Waals surface area contributed by atoms with E-state index in [1.807, 2.05) is 4.90 Å². The van der Waals surface area contributed by atoms with Gasteiger partial charge in [-0.25, -0.2) is 0 Å². The van der Waals surface area contributed by atoms with E-state index in [1.54, 1.807) is 26.4 Å². The van der Waals surface area contributed by atoms with Crippen LogP contribution in [-0.2, 0) is 14.3 Å². The second kappa shape index (κ2) is 8.93. The van der Waals surface area contributed by atoms with E-state index in [4.69, 9.17) is 30.5 Å². The Balaban J connectivity index is 1.94. The summed E-state index contributed by atoms with van der Waals surface area (Å²) in [7, 11) is 3.25. The van der Waals surface area contributed by atoms with E-state index >= 15 is 0 Å². The predicted molar refractivity (Wildman–Crippen MR) is 86.4 cm³/mol. The lowest BCUT2D eigenvalue weighted by Gasteiger charge is -2.21. The van der Waals surface area contributed by atoms with Crippen molar-refractivity contribution < 1.29 is 23.7 Å². The number of hydrogen-bond acceptors (Lipinski definition) is 6. The van der Waals surface area contributed by atoms with Gasteiger partial charge in [0, 0.05) is 39.4 Å². The third kappa shape index (κ3) is 5.24. The standard InChI is InChI=1S/C15H21ClN2O5/c1-20-5-3-18(4-6-21-2)9-15(19)17-12-8-14-13(7-11(12)16)22-10-23-14/h7-8H,3-6,9-10H2,1-2H3,(H,17,19). The van der Waals surface area contributed by atoms with Crippen molar-refractivity contribution >= 4 is 23.2 Å². The summed E-state index contributed by atoms with van der Waals surface area (Å²) in [4.78, 5) is 14.2. The molecule has 8 heteroatoms. The fourth-order valence-corrected chi connectivity index (χ4v) is 2.32. The number of nitrogens with zero attached hydrogens (tertiary/aromatic N) is 1. The highest BCUT2D eigenvalue weighted by molar-refractivity contribution is 6.34. The summed E-state index contributed by atoms with van der Waals surface area (Å²) in [6.07, 6.45) is 0. The first-order chi connectivity index (χ1) is 11.1. The lowest BCUT2D eigenvalue weighted by molar-refractivity contribution is -0.117. The van der Waals surface area contributed by atoms with Gasteiger partial charge in [-0.2, -0.15) is 0 Å². The second-order valence-corrected chi connectivity index (χ2v) is 5.40. The van der Waals surface area contributed by atoms with Gasteiger partial charge in [-0.15, -0.1) is 0 Å². The fourth-order valence-electron chi connectivity index (χ4n) is 2.12. The molecule has 128 valence electrons. The van der Waals surface area contributed by atoms with Crippen LogP contribution in [0.1, 0.15) is 0 Å². The molecule has 0 bridgehead atoms. The summed E-state index contributed by atoms with van der Waals surface area (Å²) in [6.45, 7) is 2.75. The Morgan fingerprint density at radius 1 is 1.22 bits per heavy atom. The fraction of sp³-hybridized carbons (Fsp3) is 0.533. The molecule has 0 saturated heterocycles. The van der Waals surface area contributed by atoms with Crippen molar-refractivity contribution in [3.05, 3.63) is 17.2 Å². The number of hydrogen-bond donors (Lipinski definition) is 1. The number of fused-ring (bicyclic) bond motifs is 1. The monoisotopic (exact) mass is 344 g/mol. The van der Waals surface area contributed by atoms with Crippen LogP contribution in [0.5, 0.6) is 11.5 Å². The highest BCUT2D eigenvalue weighted by atomic mass is 35.5. The molecule has 0 aromatic heterocycles. The normalized spacial score (nSPS) is 12.7. The number of carbonyl (C=O) groups is 1. The molecule has 0 aliphatic carbocycles. The van der Waals surface area contributed by atoms with E-state index in [1.165, 1.54) is 0 Å². The summed E-state index contributed by atoms with van der Waals surface area (Å²) < 4.78 is 20.6. The molecule has 7 nitrogen and oxygen atoms in total. The lowest BCUT2D eigenvalue weighted by atomic mass is 10.2. The van der Waals surface area contributed by atoms with Gasteiger partial charge < -0.3 is 24.3 Å². The van der Waals surface area contributed by atoms with Crippen LogP contribution < -0.4 is 14.8 Å². The maximum absolute atomic E-state index is 12.2. The Bertz CT molecular complexity index is 533. The van der Waals surface area contributed by atoms with Gasteiger partial charge in [0.1, 0.15) is 0 Å². The number of nitrogens with one attached hydrogen (secondary N) is 1. The minimum absolute atomic E-state index is 0.158. The molecule has 1 aromatic carbocycles. The highest BCUT2D eigenvalue weighted by Crippen LogP contribution is 2.39. The summed E-state index contributed by atoms with van der Waals surface area (Å²) in [5.74, 6) is 0.980. The number of ether oxygens (including phenoxy) is 4. The van der Waals surface area contributed by atoms with Gasteiger partial charge in [-0.3, -0.25) is 9.69 Å². The van der Waals surface area contributed by atoms with Crippen molar-refractivity contribution in [2.75, 3.05) is 59.2 Å². The summed E-state index contributed by atoms with van der Waals surface area (Å²) >= 11 is 6.15. The molecule has 0 radical (unpaired) electrons. The minimum atomic E-state index is -0.169. The molecule has 2 rings (SSSR count). The molecule has 1 heterocycles. The van der Waals surface area contributed by atoms with Gasteiger partial charge in [-0.05, 0) is 0 Å². The van der Waals surface area contributed by atoms with Gasteiger partial charge in [0.05, 0.1) is 30.5 Å². The predicted octanol–water partition coefficient (Wildman–Crippen LogP) is 1.60. The number of carbonyl (C=O) groups excluding carboxylic acids is 1. The zero-order chi connectivity index (χ0) is 16.7. The Labute approximate surface area is 140 Å². The molecule has 0 unspecified atom stereocenters. The summed E-state index contributed by atoms with van der Waals surface area (Å²) in [6, 6.07) is 3.30. The Morgan fingerprint density at radius 2 is 1.83 bits per heavy atom. The van der Waals surface area contributed by atoms with Gasteiger partial charge in [-0.1, -0.05) is 11.6 Å². The Hall–Kier alpha value is -1.54. The number of methoxy groups -OCH3 is 2. The first-order valence-corrected chi connectivity index (χ1v) is 7.61. The van der Waals surface area contributed by atoms with Crippen molar-refractivity contribution in [3.8, 4) is 11.5 Å². The van der Waals surface area contributed by atoms with Gasteiger partial charge in [0.2, 0.25) is 12.7 Å². The Kier molecular flexibility index (Phi) is 6.91. The number of anilines is 1. The summed E-state index contributed by atoms with van der Waals surface area (Å²) in [5.41, 5.74) is 0.499. The molecule has 0 saturated carbocycles. The van der Waals surface area contributed by atoms with Gasteiger partial charge in [0.25, 0.3) is 0 Å². The molecule has 0 atom stereocenters. The molecule has 1 aliphatic heterocycles. The average Bonchev–Trinajstić information content (AvgIpc) is 2.97. The van der Waals surface area contributed by atoms with Crippen LogP contribution in [0.3, 0.4) is 0 Å². The van der Waals surface area contributed by atoms with Gasteiger partial charge >= 0.3 is 0 Å². The van der Waals surface area contributed by atoms with Crippen LogP contribution in [0.15, 0.2) is 12.1 Å². The molecule has 0 fully saturated rings. The molecule has 1 aliphatic rings. The molecule has 0 spiro atoms. The second-order valence-electron chi connectivity index (χ2n) is 5.00. The largest absolute Gasteiger partial charge is 0.454 e. The van der Waals surface area contributed by atoms with Crippen molar-refractivity contribution in [3.63, 3.8) is 0 Å². The van der Waals surface area contributed by atoms with Crippen LogP contribution in [-0.4, -0.2) is 64.7 Å². The zero-order valence-corrected chi connectivity index (χ0v) is 14.0. The minimum Gasteiger partial charge on any atom is -0.454 e. The van der Waals surface area contributed by atoms with Crippen molar-refractivity contribution in [2.24, 2.45) is 0 Å². The summed E-state index contributed by atoms with van der Waals surface area (Å²) in [5, 5.41) is 3.20. The van der Waals surface area contributed by atoms with Crippen LogP contribution in [0, 0.1) is 0 Å². The van der Waals surface area contributed by atoms with E-state index in [0.29, 0.717) is 48.5 Å². The van der Waals surface area contributed by atoms with E-state index in [2.05, 4.69) is 5.32 Å². The number of amides is 1. The number of rotatable bonds is 9. The quantitative estimate of drug-likeness (QED) is 0.734. The third-order valence-electron chi connectivity index (χ3n) is 3.33.